The molecule has 0 spiro atoms. The van der Waals surface area contributed by atoms with Crippen LogP contribution in [0.4, 0.5) is 0 Å². The first kappa shape index (κ1) is 12.2. The number of carbonyl (C=O) groups is 1. The molecule has 5 nitrogen and oxygen atoms in total. The van der Waals surface area contributed by atoms with Crippen molar-refractivity contribution in [2.75, 3.05) is 0 Å². The third-order valence-electron chi connectivity index (χ3n) is 2.97. The highest BCUT2D eigenvalue weighted by Gasteiger charge is 2.11. The van der Waals surface area contributed by atoms with E-state index < -0.39 is 5.91 Å². The third-order valence-corrected chi connectivity index (χ3v) is 2.97. The van der Waals surface area contributed by atoms with Gasteiger partial charge in [0.1, 0.15) is 5.58 Å². The maximum Gasteiger partial charge on any atom is 0.287 e. The van der Waals surface area contributed by atoms with E-state index in [1.54, 1.807) is 36.7 Å². The number of rotatable bonds is 3. The summed E-state index contributed by atoms with van der Waals surface area (Å²) >= 11 is 0. The number of hydrogen-bond donors (Lipinski definition) is 2. The molecule has 0 saturated carbocycles. The maximum absolute atomic E-state index is 12.0. The van der Waals surface area contributed by atoms with E-state index in [9.17, 15) is 9.59 Å². The minimum absolute atomic E-state index is 0.0178. The van der Waals surface area contributed by atoms with E-state index in [1.165, 1.54) is 6.07 Å². The summed E-state index contributed by atoms with van der Waals surface area (Å²) in [5, 5.41) is 3.17. The second kappa shape index (κ2) is 5.05. The summed E-state index contributed by atoms with van der Waals surface area (Å²) in [5.74, 6) is -0.390. The average Bonchev–Trinajstić information content (AvgIpc) is 2.98. The van der Waals surface area contributed by atoms with Crippen molar-refractivity contribution in [3.8, 4) is 0 Å². The molecule has 3 aromatic rings. The van der Waals surface area contributed by atoms with Gasteiger partial charge in [-0.3, -0.25) is 9.59 Å². The fourth-order valence-corrected chi connectivity index (χ4v) is 1.95. The largest absolute Gasteiger partial charge is 0.451 e. The number of amides is 1. The minimum atomic E-state index is -0.408. The number of H-pyrrole nitrogens is 1. The van der Waals surface area contributed by atoms with Crippen LogP contribution >= 0.6 is 0 Å². The number of aromatic nitrogens is 1. The van der Waals surface area contributed by atoms with Gasteiger partial charge in [0.15, 0.2) is 11.2 Å². The first-order valence-corrected chi connectivity index (χ1v) is 6.17. The first-order valence-electron chi connectivity index (χ1n) is 6.17. The van der Waals surface area contributed by atoms with Crippen molar-refractivity contribution in [3.63, 3.8) is 0 Å². The van der Waals surface area contributed by atoms with E-state index in [1.807, 2.05) is 6.07 Å². The fraction of sp³-hybridized carbons (Fsp3) is 0.0667. The van der Waals surface area contributed by atoms with Crippen LogP contribution in [-0.4, -0.2) is 10.9 Å². The molecule has 0 aliphatic carbocycles. The summed E-state index contributed by atoms with van der Waals surface area (Å²) < 4.78 is 5.45. The Balaban J connectivity index is 1.86. The molecule has 0 fully saturated rings. The molecule has 1 aromatic carbocycles. The lowest BCUT2D eigenvalue weighted by Gasteiger charge is -2.04. The second-order valence-electron chi connectivity index (χ2n) is 4.37. The molecule has 2 N–H and O–H groups in total. The topological polar surface area (TPSA) is 75.1 Å². The Morgan fingerprint density at radius 1 is 1.25 bits per heavy atom. The molecular weight excluding hydrogens is 256 g/mol. The summed E-state index contributed by atoms with van der Waals surface area (Å²) in [4.78, 5) is 26.8. The number of para-hydroxylation sites is 1. The first-order chi connectivity index (χ1) is 9.74. The van der Waals surface area contributed by atoms with E-state index in [4.69, 9.17) is 4.42 Å². The van der Waals surface area contributed by atoms with Crippen LogP contribution in [0, 0.1) is 0 Å². The van der Waals surface area contributed by atoms with Crippen molar-refractivity contribution in [1.29, 1.82) is 0 Å². The van der Waals surface area contributed by atoms with Gasteiger partial charge in [0.25, 0.3) is 5.91 Å². The summed E-state index contributed by atoms with van der Waals surface area (Å²) in [6.07, 6.45) is 3.56. The molecule has 3 rings (SSSR count). The normalized spacial score (nSPS) is 10.6. The van der Waals surface area contributed by atoms with Gasteiger partial charge in [-0.1, -0.05) is 12.1 Å². The Hall–Kier alpha value is -2.82. The van der Waals surface area contributed by atoms with Crippen molar-refractivity contribution >= 4 is 16.9 Å². The third kappa shape index (κ3) is 2.33. The van der Waals surface area contributed by atoms with Crippen LogP contribution in [0.5, 0.6) is 0 Å². The van der Waals surface area contributed by atoms with Crippen LogP contribution in [0.15, 0.2) is 58.0 Å². The zero-order valence-electron chi connectivity index (χ0n) is 10.6. The van der Waals surface area contributed by atoms with Gasteiger partial charge in [-0.05, 0) is 23.8 Å². The maximum atomic E-state index is 12.0. The molecule has 20 heavy (non-hydrogen) atoms. The molecule has 0 bridgehead atoms. The minimum Gasteiger partial charge on any atom is -0.451 e. The van der Waals surface area contributed by atoms with Crippen LogP contribution in [0.3, 0.4) is 0 Å². The zero-order valence-corrected chi connectivity index (χ0v) is 10.6. The van der Waals surface area contributed by atoms with Gasteiger partial charge in [-0.25, -0.2) is 0 Å². The molecule has 0 unspecified atom stereocenters. The van der Waals surface area contributed by atoms with E-state index in [0.717, 1.165) is 5.56 Å². The molecule has 1 amide bonds. The quantitative estimate of drug-likeness (QED) is 0.763. The monoisotopic (exact) mass is 268 g/mol. The molecule has 0 radical (unpaired) electrons. The number of aromatic amines is 1. The molecule has 0 saturated heterocycles. The zero-order chi connectivity index (χ0) is 13.9. The van der Waals surface area contributed by atoms with E-state index in [-0.39, 0.29) is 11.2 Å². The summed E-state index contributed by atoms with van der Waals surface area (Å²) in [7, 11) is 0. The highest BCUT2D eigenvalue weighted by Crippen LogP contribution is 2.11. The number of nitrogens with one attached hydrogen (secondary N) is 2. The van der Waals surface area contributed by atoms with Crippen molar-refractivity contribution < 1.29 is 9.21 Å². The standard InChI is InChI=1S/C15H12N2O3/c18-12-7-14(20-13-4-2-1-3-11(12)13)15(19)17-9-10-5-6-16-8-10/h1-8,16H,9H2,(H,17,19). The van der Waals surface area contributed by atoms with Crippen LogP contribution < -0.4 is 10.7 Å². The van der Waals surface area contributed by atoms with Crippen LogP contribution in [0.2, 0.25) is 0 Å². The lowest BCUT2D eigenvalue weighted by Crippen LogP contribution is -2.23. The van der Waals surface area contributed by atoms with Gasteiger partial charge >= 0.3 is 0 Å². The molecule has 0 aliphatic rings. The van der Waals surface area contributed by atoms with E-state index in [0.29, 0.717) is 17.5 Å². The predicted octanol–water partition coefficient (Wildman–Crippen LogP) is 2.05. The molecule has 2 aromatic heterocycles. The van der Waals surface area contributed by atoms with Gasteiger partial charge in [0, 0.05) is 25.0 Å². The Morgan fingerprint density at radius 3 is 2.90 bits per heavy atom. The van der Waals surface area contributed by atoms with E-state index in [2.05, 4.69) is 10.3 Å². The van der Waals surface area contributed by atoms with Crippen LogP contribution in [0.25, 0.3) is 11.0 Å². The highest BCUT2D eigenvalue weighted by molar-refractivity contribution is 5.93. The molecule has 0 atom stereocenters. The van der Waals surface area contributed by atoms with Crippen molar-refractivity contribution in [2.45, 2.75) is 6.54 Å². The summed E-state index contributed by atoms with van der Waals surface area (Å²) in [6, 6.07) is 9.92. The van der Waals surface area contributed by atoms with Gasteiger partial charge < -0.3 is 14.7 Å². The number of hydrogen-bond acceptors (Lipinski definition) is 3. The number of benzene rings is 1. The van der Waals surface area contributed by atoms with Gasteiger partial charge in [0.05, 0.1) is 5.39 Å². The Morgan fingerprint density at radius 2 is 2.10 bits per heavy atom. The van der Waals surface area contributed by atoms with Crippen molar-refractivity contribution in [1.82, 2.24) is 10.3 Å². The van der Waals surface area contributed by atoms with Crippen LogP contribution in [-0.2, 0) is 6.54 Å². The lowest BCUT2D eigenvalue weighted by molar-refractivity contribution is 0.0923. The van der Waals surface area contributed by atoms with Gasteiger partial charge in [-0.2, -0.15) is 0 Å². The summed E-state index contributed by atoms with van der Waals surface area (Å²) in [6.45, 7) is 0.374. The lowest BCUT2D eigenvalue weighted by atomic mass is 10.2. The smallest absolute Gasteiger partial charge is 0.287 e. The summed E-state index contributed by atoms with van der Waals surface area (Å²) in [5.41, 5.74) is 1.13. The van der Waals surface area contributed by atoms with Crippen molar-refractivity contribution in [3.05, 3.63) is 70.3 Å². The molecule has 0 aliphatic heterocycles. The van der Waals surface area contributed by atoms with E-state index >= 15 is 0 Å². The Kier molecular flexibility index (Phi) is 3.09. The molecule has 2 heterocycles. The highest BCUT2D eigenvalue weighted by atomic mass is 16.3. The number of fused-ring (bicyclic) bond motifs is 1. The average molecular weight is 268 g/mol. The van der Waals surface area contributed by atoms with Gasteiger partial charge in [0.2, 0.25) is 0 Å². The second-order valence-corrected chi connectivity index (χ2v) is 4.37. The molecular formula is C15H12N2O3. The van der Waals surface area contributed by atoms with Gasteiger partial charge in [-0.15, -0.1) is 0 Å². The van der Waals surface area contributed by atoms with Crippen molar-refractivity contribution in [2.24, 2.45) is 0 Å². The number of carbonyl (C=O) groups excluding carboxylic acids is 1. The Labute approximate surface area is 114 Å². The molecule has 5 heteroatoms. The Bertz CT molecular complexity index is 803. The molecule has 100 valence electrons. The van der Waals surface area contributed by atoms with Crippen LogP contribution in [0.1, 0.15) is 16.1 Å². The fourth-order valence-electron chi connectivity index (χ4n) is 1.95. The predicted molar refractivity (Wildman–Crippen MR) is 74.4 cm³/mol. The SMILES string of the molecule is O=C(NCc1cc[nH]c1)c1cc(=O)c2ccccc2o1.